The van der Waals surface area contributed by atoms with Gasteiger partial charge >= 0.3 is 5.97 Å². The molecule has 0 spiro atoms. The second-order valence-corrected chi connectivity index (χ2v) is 8.42. The molecule has 0 saturated heterocycles. The number of ether oxygens (including phenoxy) is 2. The lowest BCUT2D eigenvalue weighted by atomic mass is 10.0. The number of rotatable bonds is 6. The zero-order chi connectivity index (χ0) is 24.2. The average molecular weight is 527 g/mol. The predicted octanol–water partition coefficient (Wildman–Crippen LogP) is 6.64. The van der Waals surface area contributed by atoms with E-state index in [2.05, 4.69) is 20.9 Å². The number of methoxy groups -OCH3 is 1. The molecular weight excluding hydrogens is 506 g/mol. The number of aromatic nitrogens is 1. The van der Waals surface area contributed by atoms with Crippen LogP contribution in [-0.4, -0.2) is 18.1 Å². The molecule has 0 aliphatic carbocycles. The molecule has 0 saturated carbocycles. The second-order valence-electron chi connectivity index (χ2n) is 7.51. The fraction of sp³-hybridized carbons (Fsp3) is 0.154. The number of carbonyl (C=O) groups excluding carboxylic acids is 1. The van der Waals surface area contributed by atoms with Crippen molar-refractivity contribution in [1.29, 1.82) is 0 Å². The van der Waals surface area contributed by atoms with E-state index >= 15 is 0 Å². The second kappa shape index (κ2) is 10.2. The summed E-state index contributed by atoms with van der Waals surface area (Å²) in [6, 6.07) is 14.2. The van der Waals surface area contributed by atoms with Gasteiger partial charge in [0.2, 0.25) is 0 Å². The van der Waals surface area contributed by atoms with E-state index in [4.69, 9.17) is 9.47 Å². The van der Waals surface area contributed by atoms with Gasteiger partial charge in [0.15, 0.2) is 5.69 Å². The Labute approximate surface area is 204 Å². The number of halogens is 3. The maximum Gasteiger partial charge on any atom is 0.356 e. The lowest BCUT2D eigenvalue weighted by Gasteiger charge is -2.31. The van der Waals surface area contributed by atoms with Crippen LogP contribution < -0.4 is 9.64 Å². The number of benzene rings is 2. The summed E-state index contributed by atoms with van der Waals surface area (Å²) in [5, 5.41) is 0. The van der Waals surface area contributed by atoms with E-state index in [0.29, 0.717) is 23.6 Å². The predicted molar refractivity (Wildman–Crippen MR) is 129 cm³/mol. The molecule has 34 heavy (non-hydrogen) atoms. The van der Waals surface area contributed by atoms with Gasteiger partial charge in [0.25, 0.3) is 0 Å². The van der Waals surface area contributed by atoms with Crippen molar-refractivity contribution in [3.63, 3.8) is 0 Å². The molecule has 1 aliphatic rings. The fourth-order valence-corrected chi connectivity index (χ4v) is 4.02. The summed E-state index contributed by atoms with van der Waals surface area (Å²) in [5.74, 6) is -0.904. The van der Waals surface area contributed by atoms with E-state index in [1.54, 1.807) is 30.3 Å². The van der Waals surface area contributed by atoms with Gasteiger partial charge in [0.05, 0.1) is 18.4 Å². The highest BCUT2D eigenvalue weighted by atomic mass is 79.9. The summed E-state index contributed by atoms with van der Waals surface area (Å²) in [6.07, 6.45) is 4.70. The molecule has 5 nitrogen and oxygen atoms in total. The van der Waals surface area contributed by atoms with E-state index in [9.17, 15) is 13.6 Å². The van der Waals surface area contributed by atoms with E-state index < -0.39 is 17.6 Å². The summed E-state index contributed by atoms with van der Waals surface area (Å²) in [4.78, 5) is 18.4. The number of esters is 1. The quantitative estimate of drug-likeness (QED) is 0.337. The smallest absolute Gasteiger partial charge is 0.356 e. The largest absolute Gasteiger partial charge is 0.488 e. The van der Waals surface area contributed by atoms with Crippen LogP contribution in [0.15, 0.2) is 76.9 Å². The van der Waals surface area contributed by atoms with Crippen LogP contribution in [0.4, 0.5) is 14.6 Å². The summed E-state index contributed by atoms with van der Waals surface area (Å²) < 4.78 is 39.8. The van der Waals surface area contributed by atoms with Gasteiger partial charge in [-0.05, 0) is 55.8 Å². The van der Waals surface area contributed by atoms with Crippen molar-refractivity contribution in [1.82, 2.24) is 4.98 Å². The standard InChI is InChI=1S/C26H21BrF2N2O3/c1-16-6-3-10-23(31(16)25-11-5-9-22(30-25)26(32)33-2)18-14-17(27)12-13-24(18)34-15-19-20(28)7-4-8-21(19)29/h4-14H,3,15H2,1-2H3. The van der Waals surface area contributed by atoms with Crippen molar-refractivity contribution < 1.29 is 23.0 Å². The molecule has 8 heteroatoms. The van der Waals surface area contributed by atoms with Crippen LogP contribution in [-0.2, 0) is 11.3 Å². The lowest BCUT2D eigenvalue weighted by Crippen LogP contribution is -2.24. The van der Waals surface area contributed by atoms with Crippen LogP contribution in [0.25, 0.3) is 5.70 Å². The molecule has 0 N–H and O–H groups in total. The van der Waals surface area contributed by atoms with Crippen LogP contribution in [0.3, 0.4) is 0 Å². The van der Waals surface area contributed by atoms with Crippen LogP contribution in [0.5, 0.6) is 5.75 Å². The van der Waals surface area contributed by atoms with Gasteiger partial charge in [0, 0.05) is 15.7 Å². The molecule has 0 radical (unpaired) electrons. The Morgan fingerprint density at radius 3 is 2.56 bits per heavy atom. The molecule has 1 aromatic heterocycles. The SMILES string of the molecule is COC(=O)c1cccc(N2C(C)=CCC=C2c2cc(Br)ccc2OCc2c(F)cccc2F)n1. The monoisotopic (exact) mass is 526 g/mol. The number of allylic oxidation sites excluding steroid dienone is 3. The van der Waals surface area contributed by atoms with E-state index in [1.165, 1.54) is 25.3 Å². The minimum Gasteiger partial charge on any atom is -0.488 e. The number of anilines is 1. The highest BCUT2D eigenvalue weighted by Gasteiger charge is 2.24. The number of nitrogens with zero attached hydrogens (tertiary/aromatic N) is 2. The zero-order valence-electron chi connectivity index (χ0n) is 18.5. The normalized spacial score (nSPS) is 13.3. The molecule has 0 bridgehead atoms. The Hall–Kier alpha value is -3.52. The maximum absolute atomic E-state index is 14.1. The molecule has 3 aromatic rings. The topological polar surface area (TPSA) is 51.7 Å². The Balaban J connectivity index is 1.73. The van der Waals surface area contributed by atoms with Crippen LogP contribution in [0.1, 0.15) is 35.0 Å². The zero-order valence-corrected chi connectivity index (χ0v) is 20.1. The highest BCUT2D eigenvalue weighted by molar-refractivity contribution is 9.10. The Morgan fingerprint density at radius 1 is 1.09 bits per heavy atom. The highest BCUT2D eigenvalue weighted by Crippen LogP contribution is 2.38. The molecule has 0 atom stereocenters. The van der Waals surface area contributed by atoms with E-state index in [-0.39, 0.29) is 17.9 Å². The third-order valence-corrected chi connectivity index (χ3v) is 5.82. The maximum atomic E-state index is 14.1. The first-order valence-corrected chi connectivity index (χ1v) is 11.3. The Kier molecular flexibility index (Phi) is 7.07. The number of hydrogen-bond acceptors (Lipinski definition) is 5. The molecule has 2 aromatic carbocycles. The summed E-state index contributed by atoms with van der Waals surface area (Å²) in [5.41, 5.74) is 2.40. The summed E-state index contributed by atoms with van der Waals surface area (Å²) in [7, 11) is 1.30. The molecule has 2 heterocycles. The molecule has 174 valence electrons. The molecule has 4 rings (SSSR count). The van der Waals surface area contributed by atoms with Gasteiger partial charge in [-0.1, -0.05) is 40.2 Å². The van der Waals surface area contributed by atoms with Crippen molar-refractivity contribution in [3.05, 3.63) is 105 Å². The lowest BCUT2D eigenvalue weighted by molar-refractivity contribution is 0.0594. The van der Waals surface area contributed by atoms with E-state index in [0.717, 1.165) is 15.9 Å². The third kappa shape index (κ3) is 4.87. The van der Waals surface area contributed by atoms with Crippen molar-refractivity contribution in [2.24, 2.45) is 0 Å². The minimum absolute atomic E-state index is 0.144. The van der Waals surface area contributed by atoms with Gasteiger partial charge < -0.3 is 9.47 Å². The first-order valence-electron chi connectivity index (χ1n) is 10.5. The van der Waals surface area contributed by atoms with Crippen molar-refractivity contribution >= 4 is 33.4 Å². The number of pyridine rings is 1. The summed E-state index contributed by atoms with van der Waals surface area (Å²) in [6.45, 7) is 1.66. The van der Waals surface area contributed by atoms with Crippen LogP contribution in [0, 0.1) is 11.6 Å². The summed E-state index contributed by atoms with van der Waals surface area (Å²) >= 11 is 3.50. The molecule has 0 fully saturated rings. The van der Waals surface area contributed by atoms with Crippen LogP contribution in [0.2, 0.25) is 0 Å². The van der Waals surface area contributed by atoms with Gasteiger partial charge in [-0.3, -0.25) is 4.90 Å². The Bertz CT molecular complexity index is 1290. The van der Waals surface area contributed by atoms with Gasteiger partial charge in [-0.2, -0.15) is 0 Å². The fourth-order valence-electron chi connectivity index (χ4n) is 3.66. The van der Waals surface area contributed by atoms with Crippen molar-refractivity contribution in [2.75, 3.05) is 12.0 Å². The molecule has 0 unspecified atom stereocenters. The van der Waals surface area contributed by atoms with Gasteiger partial charge in [-0.25, -0.2) is 18.6 Å². The van der Waals surface area contributed by atoms with Crippen LogP contribution >= 0.6 is 15.9 Å². The Morgan fingerprint density at radius 2 is 1.82 bits per heavy atom. The first-order chi connectivity index (χ1) is 16.4. The molecule has 0 amide bonds. The first kappa shape index (κ1) is 23.6. The number of carbonyl (C=O) groups is 1. The van der Waals surface area contributed by atoms with E-state index in [1.807, 2.05) is 30.0 Å². The van der Waals surface area contributed by atoms with Crippen molar-refractivity contribution in [2.45, 2.75) is 20.0 Å². The molecule has 1 aliphatic heterocycles. The van der Waals surface area contributed by atoms with Gasteiger partial charge in [0.1, 0.15) is 29.8 Å². The third-order valence-electron chi connectivity index (χ3n) is 5.33. The minimum atomic E-state index is -0.667. The molecular formula is C26H21BrF2N2O3. The average Bonchev–Trinajstić information content (AvgIpc) is 2.84. The van der Waals surface area contributed by atoms with Gasteiger partial charge in [-0.15, -0.1) is 0 Å². The number of hydrogen-bond donors (Lipinski definition) is 0. The van der Waals surface area contributed by atoms with Crippen molar-refractivity contribution in [3.8, 4) is 5.75 Å².